The average Bonchev–Trinajstić information content (AvgIpc) is 2.35. The van der Waals surface area contributed by atoms with Crippen LogP contribution in [0.3, 0.4) is 0 Å². The fraction of sp³-hybridized carbons (Fsp3) is 0.923. The van der Waals surface area contributed by atoms with E-state index in [0.29, 0.717) is 19.2 Å². The van der Waals surface area contributed by atoms with Gasteiger partial charge in [-0.25, -0.2) is 0 Å². The van der Waals surface area contributed by atoms with Gasteiger partial charge in [0.2, 0.25) is 0 Å². The molecular weight excluding hydrogens is 230 g/mol. The molecule has 1 fully saturated rings. The fourth-order valence-electron chi connectivity index (χ4n) is 2.46. The third-order valence-electron chi connectivity index (χ3n) is 3.61. The van der Waals surface area contributed by atoms with Gasteiger partial charge in [0, 0.05) is 19.1 Å². The minimum Gasteiger partial charge on any atom is -0.465 e. The summed E-state index contributed by atoms with van der Waals surface area (Å²) in [6.07, 6.45) is 2.44. The lowest BCUT2D eigenvalue weighted by Crippen LogP contribution is -2.51. The number of hydrogen-bond acceptors (Lipinski definition) is 5. The minimum absolute atomic E-state index is 0.156. The van der Waals surface area contributed by atoms with Crippen LogP contribution in [-0.4, -0.2) is 75.2 Å². The van der Waals surface area contributed by atoms with Crippen LogP contribution < -0.4 is 5.32 Å². The molecule has 2 atom stereocenters. The Bertz CT molecular complexity index is 261. The Labute approximate surface area is 110 Å². The van der Waals surface area contributed by atoms with Crippen molar-refractivity contribution >= 4 is 5.97 Å². The first-order valence-electron chi connectivity index (χ1n) is 6.81. The maximum absolute atomic E-state index is 11.7. The lowest BCUT2D eigenvalue weighted by molar-refractivity contribution is -0.146. The van der Waals surface area contributed by atoms with Crippen LogP contribution in [0.5, 0.6) is 0 Å². The second kappa shape index (κ2) is 7.71. The van der Waals surface area contributed by atoms with E-state index in [1.165, 1.54) is 19.4 Å². The normalized spacial score (nSPS) is 23.1. The molecule has 1 saturated heterocycles. The van der Waals surface area contributed by atoms with Crippen LogP contribution in [0, 0.1) is 0 Å². The average molecular weight is 257 g/mol. The molecule has 5 heteroatoms. The van der Waals surface area contributed by atoms with Crippen molar-refractivity contribution in [2.75, 3.05) is 47.4 Å². The van der Waals surface area contributed by atoms with Gasteiger partial charge in [0.25, 0.3) is 0 Å². The maximum Gasteiger partial charge on any atom is 0.324 e. The highest BCUT2D eigenvalue weighted by molar-refractivity contribution is 5.76. The number of esters is 1. The first kappa shape index (κ1) is 15.4. The molecule has 0 amide bonds. The van der Waals surface area contributed by atoms with E-state index in [1.807, 2.05) is 14.0 Å². The van der Waals surface area contributed by atoms with Crippen LogP contribution in [0.25, 0.3) is 0 Å². The van der Waals surface area contributed by atoms with Crippen LogP contribution in [0.15, 0.2) is 0 Å². The van der Waals surface area contributed by atoms with Crippen molar-refractivity contribution < 1.29 is 9.53 Å². The van der Waals surface area contributed by atoms with Gasteiger partial charge in [-0.05, 0) is 47.5 Å². The van der Waals surface area contributed by atoms with Crippen molar-refractivity contribution in [1.29, 1.82) is 0 Å². The molecule has 0 aromatic rings. The lowest BCUT2D eigenvalue weighted by atomic mass is 10.0. The second-order valence-corrected chi connectivity index (χ2v) is 5.09. The van der Waals surface area contributed by atoms with Gasteiger partial charge in [-0.15, -0.1) is 0 Å². The van der Waals surface area contributed by atoms with Gasteiger partial charge < -0.3 is 15.0 Å². The van der Waals surface area contributed by atoms with Crippen LogP contribution in [-0.2, 0) is 9.53 Å². The summed E-state index contributed by atoms with van der Waals surface area (Å²) in [5.74, 6) is -0.156. The quantitative estimate of drug-likeness (QED) is 0.687. The molecule has 106 valence electrons. The van der Waals surface area contributed by atoms with Crippen molar-refractivity contribution in [3.05, 3.63) is 0 Å². The van der Waals surface area contributed by atoms with E-state index in [4.69, 9.17) is 4.74 Å². The predicted molar refractivity (Wildman–Crippen MR) is 72.6 cm³/mol. The molecule has 1 rings (SSSR count). The third kappa shape index (κ3) is 4.55. The Kier molecular flexibility index (Phi) is 6.60. The lowest BCUT2D eigenvalue weighted by Gasteiger charge is -2.37. The largest absolute Gasteiger partial charge is 0.465 e. The number of ether oxygens (including phenoxy) is 1. The smallest absolute Gasteiger partial charge is 0.324 e. The van der Waals surface area contributed by atoms with Crippen LogP contribution in [0.2, 0.25) is 0 Å². The molecule has 0 aromatic heterocycles. The van der Waals surface area contributed by atoms with Crippen molar-refractivity contribution in [1.82, 2.24) is 15.1 Å². The highest BCUT2D eigenvalue weighted by Gasteiger charge is 2.26. The van der Waals surface area contributed by atoms with Crippen LogP contribution in [0.1, 0.15) is 19.8 Å². The minimum atomic E-state index is -0.234. The fourth-order valence-corrected chi connectivity index (χ4v) is 2.46. The molecule has 1 heterocycles. The van der Waals surface area contributed by atoms with Crippen LogP contribution in [0.4, 0.5) is 0 Å². The molecule has 0 spiro atoms. The molecule has 0 radical (unpaired) electrons. The van der Waals surface area contributed by atoms with Crippen molar-refractivity contribution in [3.63, 3.8) is 0 Å². The van der Waals surface area contributed by atoms with Crippen molar-refractivity contribution in [3.8, 4) is 0 Å². The molecule has 1 N–H and O–H groups in total. The number of rotatable bonds is 6. The van der Waals surface area contributed by atoms with Gasteiger partial charge in [-0.2, -0.15) is 0 Å². The summed E-state index contributed by atoms with van der Waals surface area (Å²) < 4.78 is 5.07. The van der Waals surface area contributed by atoms with E-state index in [9.17, 15) is 4.79 Å². The Morgan fingerprint density at radius 2 is 2.33 bits per heavy atom. The zero-order valence-electron chi connectivity index (χ0n) is 12.1. The SMILES string of the molecule is CCOC(=O)C(CN(C)C1CCCN(C)C1)NC. The number of likely N-dealkylation sites (N-methyl/N-ethyl adjacent to an activating group) is 3. The molecule has 0 bridgehead atoms. The zero-order chi connectivity index (χ0) is 13.5. The number of nitrogens with zero attached hydrogens (tertiary/aromatic N) is 2. The molecule has 18 heavy (non-hydrogen) atoms. The number of carbonyl (C=O) groups is 1. The van der Waals surface area contributed by atoms with Gasteiger partial charge in [0.05, 0.1) is 6.61 Å². The molecule has 2 unspecified atom stereocenters. The molecule has 5 nitrogen and oxygen atoms in total. The summed E-state index contributed by atoms with van der Waals surface area (Å²) in [6, 6.07) is 0.302. The van der Waals surface area contributed by atoms with E-state index >= 15 is 0 Å². The standard InChI is InChI=1S/C13H27N3O2/c1-5-18-13(17)12(14-2)10-16(4)11-7-6-8-15(3)9-11/h11-12,14H,5-10H2,1-4H3. The van der Waals surface area contributed by atoms with Crippen molar-refractivity contribution in [2.45, 2.75) is 31.8 Å². The number of likely N-dealkylation sites (tertiary alicyclic amines) is 1. The Hall–Kier alpha value is -0.650. The third-order valence-corrected chi connectivity index (χ3v) is 3.61. The number of hydrogen-bond donors (Lipinski definition) is 1. The van der Waals surface area contributed by atoms with E-state index < -0.39 is 0 Å². The first-order valence-corrected chi connectivity index (χ1v) is 6.81. The highest BCUT2D eigenvalue weighted by atomic mass is 16.5. The maximum atomic E-state index is 11.7. The van der Waals surface area contributed by atoms with Gasteiger partial charge in [-0.1, -0.05) is 0 Å². The van der Waals surface area contributed by atoms with E-state index in [1.54, 1.807) is 0 Å². The number of piperidine rings is 1. The van der Waals surface area contributed by atoms with Gasteiger partial charge in [0.15, 0.2) is 0 Å². The molecule has 0 aromatic carbocycles. The van der Waals surface area contributed by atoms with E-state index in [-0.39, 0.29) is 12.0 Å². The summed E-state index contributed by atoms with van der Waals surface area (Å²) >= 11 is 0. The molecule has 0 saturated carbocycles. The van der Waals surface area contributed by atoms with E-state index in [0.717, 1.165) is 6.54 Å². The summed E-state index contributed by atoms with van der Waals surface area (Å²) in [5, 5.41) is 3.04. The monoisotopic (exact) mass is 257 g/mol. The van der Waals surface area contributed by atoms with Crippen molar-refractivity contribution in [2.24, 2.45) is 0 Å². The number of nitrogens with one attached hydrogen (secondary N) is 1. The Morgan fingerprint density at radius 3 is 2.89 bits per heavy atom. The summed E-state index contributed by atoms with van der Waals surface area (Å²) in [6.45, 7) is 5.23. The second-order valence-electron chi connectivity index (χ2n) is 5.09. The predicted octanol–water partition coefficient (Wildman–Crippen LogP) is 0.164. The summed E-state index contributed by atoms with van der Waals surface area (Å²) in [5.41, 5.74) is 0. The Morgan fingerprint density at radius 1 is 1.61 bits per heavy atom. The molecule has 0 aliphatic carbocycles. The molecular formula is C13H27N3O2. The highest BCUT2D eigenvalue weighted by Crippen LogP contribution is 2.13. The topological polar surface area (TPSA) is 44.8 Å². The molecule has 1 aliphatic heterocycles. The van der Waals surface area contributed by atoms with Crippen LogP contribution >= 0.6 is 0 Å². The van der Waals surface area contributed by atoms with Gasteiger partial charge in [0.1, 0.15) is 6.04 Å². The van der Waals surface area contributed by atoms with E-state index in [2.05, 4.69) is 29.2 Å². The molecule has 1 aliphatic rings. The summed E-state index contributed by atoms with van der Waals surface area (Å²) in [7, 11) is 6.05. The zero-order valence-corrected chi connectivity index (χ0v) is 12.1. The van der Waals surface area contributed by atoms with Gasteiger partial charge in [-0.3, -0.25) is 9.69 Å². The Balaban J connectivity index is 2.45. The first-order chi connectivity index (χ1) is 8.58. The number of carbonyl (C=O) groups excluding carboxylic acids is 1. The van der Waals surface area contributed by atoms with Gasteiger partial charge >= 0.3 is 5.97 Å². The summed E-state index contributed by atoms with van der Waals surface area (Å²) in [4.78, 5) is 16.4.